The largest absolute Gasteiger partial charge is 0.383 e. The Kier molecular flexibility index (Phi) is 8.12. The smallest absolute Gasteiger partial charge is 0.166 e. The molecule has 1 aliphatic carbocycles. The first-order chi connectivity index (χ1) is 19.5. The maximum Gasteiger partial charge on any atom is 0.166 e. The SMILES string of the molecule is C#C.Cc1cn(-c2nccc3[nH]c(Cc4c(N)ncc(-c5cncc(CNCC6CCCC6)c5)c4F)nc23)cn1. The quantitative estimate of drug-likeness (QED) is 0.244. The van der Waals surface area contributed by atoms with Gasteiger partial charge in [-0.1, -0.05) is 12.8 Å². The van der Waals surface area contributed by atoms with E-state index >= 15 is 4.39 Å². The van der Waals surface area contributed by atoms with Gasteiger partial charge in [-0.3, -0.25) is 9.55 Å². The summed E-state index contributed by atoms with van der Waals surface area (Å²) in [6, 6.07) is 3.80. The third-order valence-corrected chi connectivity index (χ3v) is 7.22. The van der Waals surface area contributed by atoms with Gasteiger partial charge in [-0.05, 0) is 49.9 Å². The van der Waals surface area contributed by atoms with Gasteiger partial charge in [0, 0.05) is 60.6 Å². The number of nitrogen functional groups attached to an aromatic ring is 1. The molecule has 1 aliphatic rings. The van der Waals surface area contributed by atoms with Crippen LogP contribution in [0.1, 0.15) is 48.3 Å². The molecule has 4 N–H and O–H groups in total. The first-order valence-corrected chi connectivity index (χ1v) is 13.3. The third kappa shape index (κ3) is 5.70. The highest BCUT2D eigenvalue weighted by molar-refractivity contribution is 5.82. The second-order valence-electron chi connectivity index (χ2n) is 10.0. The average molecular weight is 538 g/mol. The van der Waals surface area contributed by atoms with Gasteiger partial charge in [-0.15, -0.1) is 12.8 Å². The van der Waals surface area contributed by atoms with Gasteiger partial charge >= 0.3 is 0 Å². The molecule has 40 heavy (non-hydrogen) atoms. The number of rotatable bonds is 8. The molecule has 0 aromatic carbocycles. The second-order valence-corrected chi connectivity index (χ2v) is 10.0. The molecule has 0 spiro atoms. The number of aromatic amines is 1. The fraction of sp³-hybridized carbons (Fsp3) is 0.300. The van der Waals surface area contributed by atoms with Crippen molar-refractivity contribution in [3.05, 3.63) is 77.9 Å². The van der Waals surface area contributed by atoms with E-state index < -0.39 is 5.82 Å². The van der Waals surface area contributed by atoms with Crippen molar-refractivity contribution in [2.45, 2.75) is 45.6 Å². The molecule has 0 atom stereocenters. The third-order valence-electron chi connectivity index (χ3n) is 7.22. The fourth-order valence-corrected chi connectivity index (χ4v) is 5.23. The van der Waals surface area contributed by atoms with Gasteiger partial charge in [0.05, 0.1) is 11.2 Å². The number of aryl methyl sites for hydroxylation is 1. The molecule has 1 saturated carbocycles. The van der Waals surface area contributed by atoms with Gasteiger partial charge < -0.3 is 16.0 Å². The van der Waals surface area contributed by atoms with E-state index in [2.05, 4.69) is 43.1 Å². The molecule has 10 heteroatoms. The lowest BCUT2D eigenvalue weighted by Crippen LogP contribution is -2.20. The van der Waals surface area contributed by atoms with E-state index in [-0.39, 0.29) is 12.2 Å². The number of terminal acetylenes is 1. The molecule has 0 saturated heterocycles. The van der Waals surface area contributed by atoms with E-state index in [1.54, 1.807) is 18.7 Å². The van der Waals surface area contributed by atoms with Gasteiger partial charge in [0.25, 0.3) is 0 Å². The number of hydrogen-bond acceptors (Lipinski definition) is 7. The summed E-state index contributed by atoms with van der Waals surface area (Å²) in [5.74, 6) is 1.69. The fourth-order valence-electron chi connectivity index (χ4n) is 5.23. The summed E-state index contributed by atoms with van der Waals surface area (Å²) < 4.78 is 17.7. The van der Waals surface area contributed by atoms with Crippen molar-refractivity contribution in [2.75, 3.05) is 12.3 Å². The molecule has 5 aromatic rings. The maximum absolute atomic E-state index is 15.9. The van der Waals surface area contributed by atoms with Crippen LogP contribution in [0, 0.1) is 31.5 Å². The van der Waals surface area contributed by atoms with Crippen LogP contribution in [0.2, 0.25) is 0 Å². The molecule has 0 amide bonds. The molecular formula is C30H32FN9. The van der Waals surface area contributed by atoms with Crippen LogP contribution in [0.5, 0.6) is 0 Å². The Morgan fingerprint density at radius 2 is 1.98 bits per heavy atom. The molecule has 0 bridgehead atoms. The van der Waals surface area contributed by atoms with E-state index in [0.717, 1.165) is 29.2 Å². The minimum atomic E-state index is -0.417. The number of H-pyrrole nitrogens is 1. The summed E-state index contributed by atoms with van der Waals surface area (Å²) in [5, 5.41) is 3.53. The van der Waals surface area contributed by atoms with Gasteiger partial charge in [0.15, 0.2) is 5.82 Å². The number of halogens is 1. The van der Waals surface area contributed by atoms with Crippen LogP contribution >= 0.6 is 0 Å². The number of nitrogens with two attached hydrogens (primary N) is 1. The Balaban J connectivity index is 0.00000158. The van der Waals surface area contributed by atoms with Crippen LogP contribution in [-0.2, 0) is 13.0 Å². The Hall–Kier alpha value is -4.62. The molecular weight excluding hydrogens is 505 g/mol. The summed E-state index contributed by atoms with van der Waals surface area (Å²) in [6.07, 6.45) is 23.6. The summed E-state index contributed by atoms with van der Waals surface area (Å²) in [5.41, 5.74) is 10.8. The molecule has 0 aliphatic heterocycles. The number of nitrogens with one attached hydrogen (secondary N) is 2. The van der Waals surface area contributed by atoms with Crippen molar-refractivity contribution in [3.63, 3.8) is 0 Å². The number of imidazole rings is 2. The highest BCUT2D eigenvalue weighted by Gasteiger charge is 2.19. The van der Waals surface area contributed by atoms with Crippen molar-refractivity contribution in [1.82, 2.24) is 39.8 Å². The van der Waals surface area contributed by atoms with Crippen molar-refractivity contribution in [1.29, 1.82) is 0 Å². The van der Waals surface area contributed by atoms with Crippen LogP contribution in [0.4, 0.5) is 10.2 Å². The first-order valence-electron chi connectivity index (χ1n) is 13.3. The van der Waals surface area contributed by atoms with Crippen LogP contribution in [-0.4, -0.2) is 41.0 Å². The summed E-state index contributed by atoms with van der Waals surface area (Å²) in [4.78, 5) is 25.4. The van der Waals surface area contributed by atoms with Gasteiger partial charge in [0.1, 0.15) is 29.3 Å². The van der Waals surface area contributed by atoms with Crippen molar-refractivity contribution in [3.8, 4) is 29.8 Å². The standard InChI is InChI=1S/C28H30FN9.C2H2/c1-17-15-38(16-35-17)28-26-23(6-7-33-28)36-24(37-26)9-21-25(29)22(14-34-27(21)30)20-8-19(12-32-13-20)11-31-10-18-4-2-3-5-18;1-2/h6-8,12-16,18,31H,2-5,9-11H2,1H3,(H2,30,34)(H,36,37);1-2H. The summed E-state index contributed by atoms with van der Waals surface area (Å²) >= 11 is 0. The number of aromatic nitrogens is 7. The topological polar surface area (TPSA) is 123 Å². The number of nitrogens with zero attached hydrogens (tertiary/aromatic N) is 6. The molecule has 6 rings (SSSR count). The summed E-state index contributed by atoms with van der Waals surface area (Å²) in [6.45, 7) is 3.61. The van der Waals surface area contributed by atoms with Crippen molar-refractivity contribution in [2.24, 2.45) is 5.92 Å². The minimum Gasteiger partial charge on any atom is -0.383 e. The van der Waals surface area contributed by atoms with Crippen LogP contribution in [0.25, 0.3) is 28.0 Å². The van der Waals surface area contributed by atoms with E-state index in [1.165, 1.54) is 31.9 Å². The van der Waals surface area contributed by atoms with Crippen molar-refractivity contribution >= 4 is 16.9 Å². The van der Waals surface area contributed by atoms with E-state index in [1.807, 2.05) is 36.0 Å². The number of pyridine rings is 3. The Labute approximate surface area is 232 Å². The number of fused-ring (bicyclic) bond motifs is 1. The van der Waals surface area contributed by atoms with Gasteiger partial charge in [-0.25, -0.2) is 24.3 Å². The molecule has 1 fully saturated rings. The number of anilines is 1. The molecule has 5 aromatic heterocycles. The maximum atomic E-state index is 15.9. The summed E-state index contributed by atoms with van der Waals surface area (Å²) in [7, 11) is 0. The highest BCUT2D eigenvalue weighted by atomic mass is 19.1. The Morgan fingerprint density at radius 1 is 1.15 bits per heavy atom. The Bertz CT molecular complexity index is 1630. The lowest BCUT2D eigenvalue weighted by molar-refractivity contribution is 0.489. The predicted octanol–water partition coefficient (Wildman–Crippen LogP) is 4.75. The number of hydrogen-bond donors (Lipinski definition) is 3. The molecule has 0 radical (unpaired) electrons. The lowest BCUT2D eigenvalue weighted by Gasteiger charge is -2.12. The van der Waals surface area contributed by atoms with Crippen molar-refractivity contribution < 1.29 is 4.39 Å². The van der Waals surface area contributed by atoms with Gasteiger partial charge in [0.2, 0.25) is 0 Å². The second kappa shape index (κ2) is 12.1. The van der Waals surface area contributed by atoms with Gasteiger partial charge in [-0.2, -0.15) is 0 Å². The van der Waals surface area contributed by atoms with Crippen LogP contribution < -0.4 is 11.1 Å². The Morgan fingerprint density at radius 3 is 2.75 bits per heavy atom. The molecule has 9 nitrogen and oxygen atoms in total. The molecule has 0 unspecified atom stereocenters. The average Bonchev–Trinajstić information content (AvgIpc) is 3.73. The lowest BCUT2D eigenvalue weighted by atomic mass is 10.0. The normalized spacial score (nSPS) is 13.4. The van der Waals surface area contributed by atoms with E-state index in [0.29, 0.717) is 40.4 Å². The zero-order valence-corrected chi connectivity index (χ0v) is 22.4. The predicted molar refractivity (Wildman–Crippen MR) is 154 cm³/mol. The monoisotopic (exact) mass is 537 g/mol. The minimum absolute atomic E-state index is 0.137. The van der Waals surface area contributed by atoms with E-state index in [9.17, 15) is 0 Å². The van der Waals surface area contributed by atoms with Crippen LogP contribution in [0.3, 0.4) is 0 Å². The molecule has 204 valence electrons. The first kappa shape index (κ1) is 27.0. The zero-order chi connectivity index (χ0) is 28.1. The highest BCUT2D eigenvalue weighted by Crippen LogP contribution is 2.29. The van der Waals surface area contributed by atoms with E-state index in [4.69, 9.17) is 10.7 Å². The van der Waals surface area contributed by atoms with Crippen LogP contribution in [0.15, 0.2) is 49.4 Å². The molecule has 5 heterocycles. The zero-order valence-electron chi connectivity index (χ0n) is 22.4.